The molecule has 0 saturated heterocycles. The topological polar surface area (TPSA) is 84.6 Å². The van der Waals surface area contributed by atoms with Crippen LogP contribution < -0.4 is 16.6 Å². The van der Waals surface area contributed by atoms with Crippen LogP contribution in [0.2, 0.25) is 0 Å². The van der Waals surface area contributed by atoms with E-state index in [4.69, 9.17) is 10.6 Å². The summed E-state index contributed by atoms with van der Waals surface area (Å²) in [7, 11) is 1.64. The van der Waals surface area contributed by atoms with E-state index in [1.165, 1.54) is 0 Å². The number of hydrogen-bond acceptors (Lipinski definition) is 4. The van der Waals surface area contributed by atoms with Crippen LogP contribution in [-0.2, 0) is 11.3 Å². The Morgan fingerprint density at radius 1 is 1.50 bits per heavy atom. The zero-order chi connectivity index (χ0) is 11.6. The number of aromatic nitrogens is 1. The molecule has 16 heavy (non-hydrogen) atoms. The summed E-state index contributed by atoms with van der Waals surface area (Å²) >= 11 is 0. The second-order valence-corrected chi connectivity index (χ2v) is 3.08. The normalized spacial score (nSPS) is 11.2. The van der Waals surface area contributed by atoms with Crippen molar-refractivity contribution >= 4 is 5.96 Å². The van der Waals surface area contributed by atoms with Crippen molar-refractivity contribution in [1.29, 1.82) is 0 Å². The average Bonchev–Trinajstić information content (AvgIpc) is 2.35. The van der Waals surface area contributed by atoms with Crippen LogP contribution in [0.5, 0.6) is 0 Å². The minimum Gasteiger partial charge on any atom is -0.383 e. The van der Waals surface area contributed by atoms with Gasteiger partial charge in [-0.1, -0.05) is 0 Å². The molecule has 0 fully saturated rings. The Bertz CT molecular complexity index is 314. The molecule has 0 atom stereocenters. The quantitative estimate of drug-likeness (QED) is 0.209. The Hall–Kier alpha value is -1.66. The fraction of sp³-hybridized carbons (Fsp3) is 0.400. The van der Waals surface area contributed by atoms with Crippen molar-refractivity contribution in [2.75, 3.05) is 20.3 Å². The van der Waals surface area contributed by atoms with Crippen molar-refractivity contribution in [1.82, 2.24) is 15.7 Å². The fourth-order valence-corrected chi connectivity index (χ4v) is 1.08. The summed E-state index contributed by atoms with van der Waals surface area (Å²) < 4.78 is 4.91. The van der Waals surface area contributed by atoms with E-state index >= 15 is 0 Å². The summed E-state index contributed by atoms with van der Waals surface area (Å²) in [5.41, 5.74) is 3.58. The van der Waals surface area contributed by atoms with Crippen LogP contribution in [0.3, 0.4) is 0 Å². The van der Waals surface area contributed by atoms with Gasteiger partial charge in [0.15, 0.2) is 0 Å². The first-order chi connectivity index (χ1) is 7.86. The van der Waals surface area contributed by atoms with Crippen LogP contribution >= 0.6 is 0 Å². The third-order valence-corrected chi connectivity index (χ3v) is 1.90. The van der Waals surface area contributed by atoms with E-state index in [0.29, 0.717) is 25.7 Å². The maximum Gasteiger partial charge on any atom is 0.206 e. The van der Waals surface area contributed by atoms with E-state index in [1.807, 2.05) is 12.1 Å². The largest absolute Gasteiger partial charge is 0.383 e. The number of nitrogens with one attached hydrogen (secondary N) is 2. The number of methoxy groups -OCH3 is 1. The summed E-state index contributed by atoms with van der Waals surface area (Å²) in [4.78, 5) is 8.20. The molecular formula is C10H17N5O. The van der Waals surface area contributed by atoms with Gasteiger partial charge in [-0.25, -0.2) is 10.8 Å². The first-order valence-corrected chi connectivity index (χ1v) is 4.99. The Kier molecular flexibility index (Phi) is 5.90. The summed E-state index contributed by atoms with van der Waals surface area (Å²) in [6.45, 7) is 1.83. The van der Waals surface area contributed by atoms with Crippen molar-refractivity contribution in [3.63, 3.8) is 0 Å². The maximum atomic E-state index is 5.32. The number of hydrogen-bond donors (Lipinski definition) is 3. The molecule has 0 spiro atoms. The fourth-order valence-electron chi connectivity index (χ4n) is 1.08. The van der Waals surface area contributed by atoms with E-state index < -0.39 is 0 Å². The van der Waals surface area contributed by atoms with Gasteiger partial charge in [0, 0.05) is 26.0 Å². The Morgan fingerprint density at radius 3 is 2.88 bits per heavy atom. The zero-order valence-electron chi connectivity index (χ0n) is 9.31. The van der Waals surface area contributed by atoms with Crippen LogP contribution in [0.15, 0.2) is 29.5 Å². The second-order valence-electron chi connectivity index (χ2n) is 3.08. The van der Waals surface area contributed by atoms with Gasteiger partial charge in [-0.3, -0.25) is 10.4 Å². The number of rotatable bonds is 5. The molecule has 0 saturated carbocycles. The number of pyridine rings is 1. The molecule has 0 aliphatic heterocycles. The van der Waals surface area contributed by atoms with Crippen molar-refractivity contribution in [3.05, 3.63) is 30.1 Å². The van der Waals surface area contributed by atoms with E-state index in [-0.39, 0.29) is 0 Å². The lowest BCUT2D eigenvalue weighted by atomic mass is 10.3. The summed E-state index contributed by atoms with van der Waals surface area (Å²) in [6, 6.07) is 3.82. The van der Waals surface area contributed by atoms with E-state index in [1.54, 1.807) is 19.5 Å². The smallest absolute Gasteiger partial charge is 0.206 e. The molecule has 0 amide bonds. The molecule has 1 aromatic rings. The highest BCUT2D eigenvalue weighted by atomic mass is 16.5. The van der Waals surface area contributed by atoms with Crippen molar-refractivity contribution in [3.8, 4) is 0 Å². The maximum absolute atomic E-state index is 5.32. The lowest BCUT2D eigenvalue weighted by Gasteiger charge is -2.08. The summed E-state index contributed by atoms with van der Waals surface area (Å²) in [5.74, 6) is 5.87. The number of aliphatic imine (C=N–C) groups is 1. The number of guanidine groups is 1. The highest BCUT2D eigenvalue weighted by Gasteiger charge is 1.95. The second kappa shape index (κ2) is 7.61. The van der Waals surface area contributed by atoms with Gasteiger partial charge in [-0.05, 0) is 17.7 Å². The van der Waals surface area contributed by atoms with E-state index in [0.717, 1.165) is 5.56 Å². The Labute approximate surface area is 94.9 Å². The molecule has 6 heteroatoms. The van der Waals surface area contributed by atoms with Gasteiger partial charge in [0.25, 0.3) is 0 Å². The van der Waals surface area contributed by atoms with Gasteiger partial charge >= 0.3 is 0 Å². The molecule has 0 aliphatic carbocycles. The van der Waals surface area contributed by atoms with Crippen molar-refractivity contribution in [2.45, 2.75) is 6.54 Å². The summed E-state index contributed by atoms with van der Waals surface area (Å²) in [5, 5.41) is 3.01. The van der Waals surface area contributed by atoms with Gasteiger partial charge < -0.3 is 10.1 Å². The highest BCUT2D eigenvalue weighted by molar-refractivity contribution is 5.79. The number of nitrogens with two attached hydrogens (primary N) is 1. The molecule has 0 radical (unpaired) electrons. The third-order valence-electron chi connectivity index (χ3n) is 1.90. The van der Waals surface area contributed by atoms with Gasteiger partial charge in [-0.15, -0.1) is 0 Å². The van der Waals surface area contributed by atoms with Crippen molar-refractivity contribution in [2.24, 2.45) is 10.8 Å². The molecule has 0 bridgehead atoms. The Morgan fingerprint density at radius 2 is 2.25 bits per heavy atom. The standard InChI is InChI=1S/C10H17N5O/c1-16-7-6-13-10(15-11)14-8-9-2-4-12-5-3-9/h2-5H,6-8,11H2,1H3,(H2,13,14,15). The lowest BCUT2D eigenvalue weighted by molar-refractivity contribution is 0.203. The van der Waals surface area contributed by atoms with Gasteiger partial charge in [0.2, 0.25) is 5.96 Å². The first kappa shape index (κ1) is 12.4. The van der Waals surface area contributed by atoms with Crippen LogP contribution in [0.4, 0.5) is 0 Å². The molecular weight excluding hydrogens is 206 g/mol. The monoisotopic (exact) mass is 223 g/mol. The van der Waals surface area contributed by atoms with Crippen LogP contribution in [0.1, 0.15) is 5.56 Å². The molecule has 0 unspecified atom stereocenters. The predicted molar refractivity (Wildman–Crippen MR) is 62.6 cm³/mol. The van der Waals surface area contributed by atoms with Gasteiger partial charge in [0.05, 0.1) is 13.2 Å². The van der Waals surface area contributed by atoms with Gasteiger partial charge in [0.1, 0.15) is 0 Å². The zero-order valence-corrected chi connectivity index (χ0v) is 9.31. The molecule has 6 nitrogen and oxygen atoms in total. The van der Waals surface area contributed by atoms with Crippen LogP contribution in [0.25, 0.3) is 0 Å². The Balaban J connectivity index is 2.40. The van der Waals surface area contributed by atoms with Crippen molar-refractivity contribution < 1.29 is 4.74 Å². The minimum absolute atomic E-state index is 0.550. The highest BCUT2D eigenvalue weighted by Crippen LogP contribution is 1.97. The van der Waals surface area contributed by atoms with Crippen LogP contribution in [0, 0.1) is 0 Å². The molecule has 1 rings (SSSR count). The lowest BCUT2D eigenvalue weighted by Crippen LogP contribution is -2.42. The predicted octanol–water partition coefficient (Wildman–Crippen LogP) is -0.363. The van der Waals surface area contributed by atoms with E-state index in [9.17, 15) is 0 Å². The molecule has 1 aromatic heterocycles. The number of hydrazine groups is 1. The average molecular weight is 223 g/mol. The minimum atomic E-state index is 0.550. The molecule has 4 N–H and O–H groups in total. The van der Waals surface area contributed by atoms with E-state index in [2.05, 4.69) is 20.7 Å². The number of nitrogens with zero attached hydrogens (tertiary/aromatic N) is 2. The SMILES string of the molecule is COCCNC(=NCc1ccncc1)NN. The first-order valence-electron chi connectivity index (χ1n) is 4.99. The molecule has 0 aromatic carbocycles. The third kappa shape index (κ3) is 4.72. The molecule has 0 aliphatic rings. The molecule has 1 heterocycles. The van der Waals surface area contributed by atoms with Crippen LogP contribution in [-0.4, -0.2) is 31.2 Å². The summed E-state index contributed by atoms with van der Waals surface area (Å²) in [6.07, 6.45) is 3.47. The number of ether oxygens (including phenoxy) is 1. The van der Waals surface area contributed by atoms with Gasteiger partial charge in [-0.2, -0.15) is 0 Å². The molecule has 88 valence electrons.